The molecule has 0 bridgehead atoms. The largest absolute Gasteiger partial charge is 0.478 e. The third-order valence-corrected chi connectivity index (χ3v) is 4.04. The summed E-state index contributed by atoms with van der Waals surface area (Å²) in [6, 6.07) is 15.9. The van der Waals surface area contributed by atoms with Crippen molar-refractivity contribution in [2.45, 2.75) is 6.54 Å². The third kappa shape index (κ3) is 3.72. The van der Waals surface area contributed by atoms with E-state index in [4.69, 9.17) is 32.7 Å². The molecule has 1 aromatic heterocycles. The van der Waals surface area contributed by atoms with E-state index in [-0.39, 0.29) is 10.6 Å². The average Bonchev–Trinajstić information content (AvgIpc) is 3.03. The van der Waals surface area contributed by atoms with Crippen LogP contribution in [0.1, 0.15) is 16.1 Å². The highest BCUT2D eigenvalue weighted by molar-refractivity contribution is 6.33. The van der Waals surface area contributed by atoms with Gasteiger partial charge in [0.2, 0.25) is 0 Å². The Morgan fingerprint density at radius 2 is 1.79 bits per heavy atom. The minimum absolute atomic E-state index is 0.0583. The predicted molar refractivity (Wildman–Crippen MR) is 94.9 cm³/mol. The molecule has 0 saturated heterocycles. The summed E-state index contributed by atoms with van der Waals surface area (Å²) in [7, 11) is 0. The van der Waals surface area contributed by atoms with E-state index in [2.05, 4.69) is 5.32 Å². The van der Waals surface area contributed by atoms with Crippen LogP contribution in [-0.4, -0.2) is 11.1 Å². The summed E-state index contributed by atoms with van der Waals surface area (Å²) < 4.78 is 5.78. The lowest BCUT2D eigenvalue weighted by atomic mass is 10.2. The fourth-order valence-electron chi connectivity index (χ4n) is 2.23. The van der Waals surface area contributed by atoms with Gasteiger partial charge in [-0.15, -0.1) is 0 Å². The van der Waals surface area contributed by atoms with Gasteiger partial charge in [0.1, 0.15) is 11.5 Å². The van der Waals surface area contributed by atoms with Crippen LogP contribution in [0.15, 0.2) is 59.0 Å². The molecular weight excluding hydrogens is 349 g/mol. The van der Waals surface area contributed by atoms with Gasteiger partial charge in [-0.3, -0.25) is 0 Å². The molecule has 0 aliphatic carbocycles. The molecule has 3 rings (SSSR count). The molecule has 2 N–H and O–H groups in total. The molecule has 3 aromatic rings. The zero-order valence-electron chi connectivity index (χ0n) is 12.4. The number of carboxylic acid groups (broad SMARTS) is 1. The van der Waals surface area contributed by atoms with Gasteiger partial charge in [-0.2, -0.15) is 0 Å². The zero-order valence-corrected chi connectivity index (χ0v) is 13.9. The summed E-state index contributed by atoms with van der Waals surface area (Å²) in [5.74, 6) is 0.407. The summed E-state index contributed by atoms with van der Waals surface area (Å²) in [6.07, 6.45) is 0. The van der Waals surface area contributed by atoms with Crippen molar-refractivity contribution in [1.29, 1.82) is 0 Å². The van der Waals surface area contributed by atoms with Crippen molar-refractivity contribution in [3.8, 4) is 11.3 Å². The van der Waals surface area contributed by atoms with Crippen molar-refractivity contribution in [3.05, 3.63) is 76.0 Å². The molecule has 0 amide bonds. The van der Waals surface area contributed by atoms with Crippen molar-refractivity contribution >= 4 is 34.9 Å². The van der Waals surface area contributed by atoms with E-state index in [9.17, 15) is 4.79 Å². The molecule has 24 heavy (non-hydrogen) atoms. The first kappa shape index (κ1) is 16.4. The molecule has 6 heteroatoms. The number of carboxylic acids is 1. The van der Waals surface area contributed by atoms with E-state index in [1.807, 2.05) is 24.3 Å². The smallest absolute Gasteiger partial charge is 0.337 e. The highest BCUT2D eigenvalue weighted by atomic mass is 35.5. The number of aromatic carboxylic acids is 1. The van der Waals surface area contributed by atoms with Gasteiger partial charge in [-0.05, 0) is 54.6 Å². The van der Waals surface area contributed by atoms with Crippen LogP contribution in [-0.2, 0) is 6.54 Å². The lowest BCUT2D eigenvalue weighted by Crippen LogP contribution is -2.02. The van der Waals surface area contributed by atoms with Crippen molar-refractivity contribution in [2.24, 2.45) is 0 Å². The van der Waals surface area contributed by atoms with E-state index in [0.29, 0.717) is 17.3 Å². The monoisotopic (exact) mass is 361 g/mol. The Morgan fingerprint density at radius 3 is 2.50 bits per heavy atom. The molecule has 0 aliphatic heterocycles. The Bertz CT molecular complexity index is 872. The summed E-state index contributed by atoms with van der Waals surface area (Å²) in [5, 5.41) is 13.1. The molecule has 0 atom stereocenters. The average molecular weight is 362 g/mol. The second-order valence-corrected chi connectivity index (χ2v) is 5.97. The van der Waals surface area contributed by atoms with Gasteiger partial charge in [0.15, 0.2) is 0 Å². The fraction of sp³-hybridized carbons (Fsp3) is 0.0556. The Morgan fingerprint density at radius 1 is 1.04 bits per heavy atom. The van der Waals surface area contributed by atoms with E-state index >= 15 is 0 Å². The number of nitrogens with one attached hydrogen (secondary N) is 1. The Labute approximate surface area is 148 Å². The van der Waals surface area contributed by atoms with Crippen LogP contribution in [0.25, 0.3) is 11.3 Å². The number of rotatable bonds is 5. The van der Waals surface area contributed by atoms with Crippen LogP contribution in [0, 0.1) is 0 Å². The third-order valence-electron chi connectivity index (χ3n) is 3.45. The zero-order chi connectivity index (χ0) is 17.1. The Balaban J connectivity index is 1.71. The maximum atomic E-state index is 11.1. The molecule has 2 aromatic carbocycles. The Kier molecular flexibility index (Phi) is 4.79. The van der Waals surface area contributed by atoms with Crippen molar-refractivity contribution in [3.63, 3.8) is 0 Å². The summed E-state index contributed by atoms with van der Waals surface area (Å²) in [5.41, 5.74) is 1.65. The van der Waals surface area contributed by atoms with Gasteiger partial charge >= 0.3 is 5.97 Å². The van der Waals surface area contributed by atoms with Crippen LogP contribution >= 0.6 is 23.2 Å². The minimum atomic E-state index is -1.06. The first-order valence-electron chi connectivity index (χ1n) is 7.14. The minimum Gasteiger partial charge on any atom is -0.478 e. The van der Waals surface area contributed by atoms with Gasteiger partial charge in [-0.25, -0.2) is 4.79 Å². The summed E-state index contributed by atoms with van der Waals surface area (Å²) in [6.45, 7) is 0.425. The highest BCUT2D eigenvalue weighted by Crippen LogP contribution is 2.25. The SMILES string of the molecule is O=C(O)c1cc(NCc2ccc(-c3ccc(Cl)cc3)o2)ccc1Cl. The Hall–Kier alpha value is -2.43. The molecule has 0 aliphatic rings. The van der Waals surface area contributed by atoms with Crippen molar-refractivity contribution < 1.29 is 14.3 Å². The van der Waals surface area contributed by atoms with Crippen LogP contribution < -0.4 is 5.32 Å². The van der Waals surface area contributed by atoms with Gasteiger partial charge in [0.25, 0.3) is 0 Å². The molecule has 4 nitrogen and oxygen atoms in total. The van der Waals surface area contributed by atoms with Crippen LogP contribution in [0.4, 0.5) is 5.69 Å². The quantitative estimate of drug-likeness (QED) is 0.623. The summed E-state index contributed by atoms with van der Waals surface area (Å²) >= 11 is 11.7. The van der Waals surface area contributed by atoms with Gasteiger partial charge in [-0.1, -0.05) is 23.2 Å². The van der Waals surface area contributed by atoms with Gasteiger partial charge in [0.05, 0.1) is 17.1 Å². The lowest BCUT2D eigenvalue weighted by Gasteiger charge is -2.07. The van der Waals surface area contributed by atoms with E-state index in [1.54, 1.807) is 24.3 Å². The molecular formula is C18H13Cl2NO3. The molecule has 0 radical (unpaired) electrons. The number of hydrogen-bond acceptors (Lipinski definition) is 3. The number of benzene rings is 2. The second kappa shape index (κ2) is 6.99. The van der Waals surface area contributed by atoms with Gasteiger partial charge < -0.3 is 14.8 Å². The number of anilines is 1. The van der Waals surface area contributed by atoms with E-state index in [0.717, 1.165) is 17.1 Å². The topological polar surface area (TPSA) is 62.5 Å². The molecule has 0 fully saturated rings. The van der Waals surface area contributed by atoms with E-state index in [1.165, 1.54) is 6.07 Å². The number of hydrogen-bond donors (Lipinski definition) is 2. The molecule has 1 heterocycles. The van der Waals surface area contributed by atoms with E-state index < -0.39 is 5.97 Å². The lowest BCUT2D eigenvalue weighted by molar-refractivity contribution is 0.0697. The van der Waals surface area contributed by atoms with Crippen molar-refractivity contribution in [2.75, 3.05) is 5.32 Å². The second-order valence-electron chi connectivity index (χ2n) is 5.13. The fourth-order valence-corrected chi connectivity index (χ4v) is 2.55. The standard InChI is InChI=1S/C18H13Cl2NO3/c19-12-3-1-11(2-4-12)17-8-6-14(24-17)10-21-13-5-7-16(20)15(9-13)18(22)23/h1-9,21H,10H2,(H,22,23). The molecule has 0 saturated carbocycles. The van der Waals surface area contributed by atoms with Crippen LogP contribution in [0.3, 0.4) is 0 Å². The molecule has 0 spiro atoms. The first-order valence-corrected chi connectivity index (χ1v) is 7.90. The normalized spacial score (nSPS) is 10.6. The predicted octanol–water partition coefficient (Wildman–Crippen LogP) is 5.56. The summed E-state index contributed by atoms with van der Waals surface area (Å²) in [4.78, 5) is 11.1. The van der Waals surface area contributed by atoms with Crippen molar-refractivity contribution in [1.82, 2.24) is 0 Å². The molecule has 0 unspecified atom stereocenters. The van der Waals surface area contributed by atoms with Gasteiger partial charge in [0, 0.05) is 16.3 Å². The number of furan rings is 1. The maximum Gasteiger partial charge on any atom is 0.337 e. The number of halogens is 2. The van der Waals surface area contributed by atoms with Crippen LogP contribution in [0.5, 0.6) is 0 Å². The molecule has 122 valence electrons. The first-order chi connectivity index (χ1) is 11.5. The highest BCUT2D eigenvalue weighted by Gasteiger charge is 2.10. The maximum absolute atomic E-state index is 11.1. The number of carbonyl (C=O) groups is 1. The van der Waals surface area contributed by atoms with Crippen LogP contribution in [0.2, 0.25) is 10.0 Å².